The quantitative estimate of drug-likeness (QED) is 0.662. The minimum atomic E-state index is -1.11. The molecule has 1 unspecified atom stereocenters. The van der Waals surface area contributed by atoms with Crippen molar-refractivity contribution < 1.29 is 29.3 Å². The molecule has 0 radical (unpaired) electrons. The molecule has 7 heteroatoms. The predicted octanol–water partition coefficient (Wildman–Crippen LogP) is 1.22. The van der Waals surface area contributed by atoms with E-state index in [4.69, 9.17) is 14.9 Å². The van der Waals surface area contributed by atoms with Crippen LogP contribution in [0, 0.1) is 0 Å². The van der Waals surface area contributed by atoms with Crippen LogP contribution in [0.3, 0.4) is 0 Å². The first-order valence-electron chi connectivity index (χ1n) is 5.53. The largest absolute Gasteiger partial charge is 0.481 e. The lowest BCUT2D eigenvalue weighted by molar-refractivity contribution is -0.139. The van der Waals surface area contributed by atoms with Crippen LogP contribution in [-0.4, -0.2) is 39.9 Å². The summed E-state index contributed by atoms with van der Waals surface area (Å²) in [6.07, 6.45) is -1.26. The zero-order valence-corrected chi connectivity index (χ0v) is 10.7. The number of alkyl carbamates (subject to hydrolysis) is 1. The van der Waals surface area contributed by atoms with Gasteiger partial charge in [-0.05, 0) is 27.2 Å². The Kier molecular flexibility index (Phi) is 6.15. The summed E-state index contributed by atoms with van der Waals surface area (Å²) >= 11 is 0. The molecule has 1 atom stereocenters. The van der Waals surface area contributed by atoms with Crippen LogP contribution in [0.1, 0.15) is 40.0 Å². The van der Waals surface area contributed by atoms with Crippen LogP contribution in [-0.2, 0) is 14.3 Å². The van der Waals surface area contributed by atoms with E-state index in [-0.39, 0.29) is 19.3 Å². The molecule has 0 saturated carbocycles. The molecule has 18 heavy (non-hydrogen) atoms. The first kappa shape index (κ1) is 16.2. The summed E-state index contributed by atoms with van der Waals surface area (Å²) < 4.78 is 4.97. The first-order valence-corrected chi connectivity index (χ1v) is 5.53. The van der Waals surface area contributed by atoms with E-state index in [9.17, 15) is 14.4 Å². The van der Waals surface area contributed by atoms with Crippen molar-refractivity contribution in [3.05, 3.63) is 0 Å². The van der Waals surface area contributed by atoms with Crippen LogP contribution in [0.5, 0.6) is 0 Å². The summed E-state index contributed by atoms with van der Waals surface area (Å²) in [6, 6.07) is -0.756. The van der Waals surface area contributed by atoms with Gasteiger partial charge in [-0.15, -0.1) is 0 Å². The van der Waals surface area contributed by atoms with Crippen molar-refractivity contribution in [1.82, 2.24) is 5.32 Å². The summed E-state index contributed by atoms with van der Waals surface area (Å²) in [4.78, 5) is 32.4. The molecule has 1 amide bonds. The average molecular weight is 261 g/mol. The van der Waals surface area contributed by atoms with Crippen molar-refractivity contribution in [2.45, 2.75) is 51.7 Å². The molecule has 0 heterocycles. The highest BCUT2D eigenvalue weighted by Gasteiger charge is 2.21. The number of ether oxygens (including phenoxy) is 1. The van der Waals surface area contributed by atoms with Crippen LogP contribution in [0.2, 0.25) is 0 Å². The van der Waals surface area contributed by atoms with Crippen molar-refractivity contribution in [3.8, 4) is 0 Å². The van der Waals surface area contributed by atoms with Crippen molar-refractivity contribution in [3.63, 3.8) is 0 Å². The lowest BCUT2D eigenvalue weighted by Crippen LogP contribution is -2.40. The number of carboxylic acids is 2. The molecule has 0 aromatic carbocycles. The molecule has 0 aliphatic heterocycles. The van der Waals surface area contributed by atoms with E-state index in [2.05, 4.69) is 5.32 Å². The zero-order valence-electron chi connectivity index (χ0n) is 10.7. The normalized spacial score (nSPS) is 12.6. The SMILES string of the molecule is CC(C)(C)OC(=O)NC(CCC(=O)O)CC(=O)O. The summed E-state index contributed by atoms with van der Waals surface area (Å²) in [7, 11) is 0. The van der Waals surface area contributed by atoms with Crippen LogP contribution in [0.15, 0.2) is 0 Å². The van der Waals surface area contributed by atoms with E-state index < -0.39 is 29.7 Å². The van der Waals surface area contributed by atoms with E-state index in [0.717, 1.165) is 0 Å². The van der Waals surface area contributed by atoms with E-state index >= 15 is 0 Å². The number of aliphatic carboxylic acids is 2. The number of hydrogen-bond donors (Lipinski definition) is 3. The topological polar surface area (TPSA) is 113 Å². The van der Waals surface area contributed by atoms with Crippen molar-refractivity contribution in [1.29, 1.82) is 0 Å². The Bertz CT molecular complexity index is 320. The monoisotopic (exact) mass is 261 g/mol. The number of rotatable bonds is 6. The average Bonchev–Trinajstić information content (AvgIpc) is 2.09. The fourth-order valence-electron chi connectivity index (χ4n) is 1.21. The summed E-state index contributed by atoms with van der Waals surface area (Å²) in [6.45, 7) is 5.03. The molecule has 0 aliphatic rings. The Hall–Kier alpha value is -1.79. The second-order valence-corrected chi connectivity index (χ2v) is 4.87. The van der Waals surface area contributed by atoms with Gasteiger partial charge in [0.25, 0.3) is 0 Å². The molecule has 3 N–H and O–H groups in total. The van der Waals surface area contributed by atoms with E-state index in [1.165, 1.54) is 0 Å². The van der Waals surface area contributed by atoms with Gasteiger partial charge in [0.05, 0.1) is 6.42 Å². The number of amides is 1. The van der Waals surface area contributed by atoms with Crippen LogP contribution in [0.4, 0.5) is 4.79 Å². The van der Waals surface area contributed by atoms with Gasteiger partial charge < -0.3 is 20.3 Å². The maximum Gasteiger partial charge on any atom is 0.407 e. The van der Waals surface area contributed by atoms with Gasteiger partial charge in [0.1, 0.15) is 5.60 Å². The van der Waals surface area contributed by atoms with Crippen molar-refractivity contribution >= 4 is 18.0 Å². The second kappa shape index (κ2) is 6.83. The fourth-order valence-corrected chi connectivity index (χ4v) is 1.21. The molecule has 0 fully saturated rings. The van der Waals surface area contributed by atoms with Gasteiger partial charge in [-0.2, -0.15) is 0 Å². The van der Waals surface area contributed by atoms with Gasteiger partial charge in [-0.3, -0.25) is 9.59 Å². The molecule has 0 aromatic rings. The number of hydrogen-bond acceptors (Lipinski definition) is 4. The number of nitrogens with one attached hydrogen (secondary N) is 1. The Balaban J connectivity index is 4.34. The maximum atomic E-state index is 11.4. The lowest BCUT2D eigenvalue weighted by Gasteiger charge is -2.22. The highest BCUT2D eigenvalue weighted by Crippen LogP contribution is 2.09. The molecule has 0 spiro atoms. The van der Waals surface area contributed by atoms with E-state index in [0.29, 0.717) is 0 Å². The van der Waals surface area contributed by atoms with E-state index in [1.54, 1.807) is 20.8 Å². The molecule has 104 valence electrons. The Morgan fingerprint density at radius 2 is 1.72 bits per heavy atom. The summed E-state index contributed by atoms with van der Waals surface area (Å²) in [5, 5.41) is 19.5. The fraction of sp³-hybridized carbons (Fsp3) is 0.727. The summed E-state index contributed by atoms with van der Waals surface area (Å²) in [5.41, 5.74) is -0.690. The predicted molar refractivity (Wildman–Crippen MR) is 62.3 cm³/mol. The molecule has 0 rings (SSSR count). The van der Waals surface area contributed by atoms with Crippen molar-refractivity contribution in [2.75, 3.05) is 0 Å². The number of carbonyl (C=O) groups is 3. The Morgan fingerprint density at radius 3 is 2.11 bits per heavy atom. The van der Waals surface area contributed by atoms with Gasteiger partial charge in [-0.1, -0.05) is 0 Å². The minimum Gasteiger partial charge on any atom is -0.481 e. The third-order valence-electron chi connectivity index (χ3n) is 1.85. The molecule has 0 saturated heterocycles. The van der Waals surface area contributed by atoms with Crippen LogP contribution >= 0.6 is 0 Å². The smallest absolute Gasteiger partial charge is 0.407 e. The molecular weight excluding hydrogens is 242 g/mol. The van der Waals surface area contributed by atoms with E-state index in [1.807, 2.05) is 0 Å². The number of carbonyl (C=O) groups excluding carboxylic acids is 1. The molecule has 7 nitrogen and oxygen atoms in total. The highest BCUT2D eigenvalue weighted by molar-refractivity contribution is 5.72. The van der Waals surface area contributed by atoms with Crippen molar-refractivity contribution in [2.24, 2.45) is 0 Å². The van der Waals surface area contributed by atoms with Crippen LogP contribution in [0.25, 0.3) is 0 Å². The maximum absolute atomic E-state index is 11.4. The van der Waals surface area contributed by atoms with Gasteiger partial charge in [-0.25, -0.2) is 4.79 Å². The molecule has 0 aromatic heterocycles. The van der Waals surface area contributed by atoms with Gasteiger partial charge >= 0.3 is 18.0 Å². The lowest BCUT2D eigenvalue weighted by atomic mass is 10.1. The third-order valence-corrected chi connectivity index (χ3v) is 1.85. The molecule has 0 aliphatic carbocycles. The summed E-state index contributed by atoms with van der Waals surface area (Å²) in [5.74, 6) is -2.15. The van der Waals surface area contributed by atoms with Gasteiger partial charge in [0.15, 0.2) is 0 Å². The third kappa shape index (κ3) is 9.44. The Labute approximate surface area is 105 Å². The molecular formula is C11H19NO6. The van der Waals surface area contributed by atoms with Gasteiger partial charge in [0.2, 0.25) is 0 Å². The first-order chi connectivity index (χ1) is 8.10. The Morgan fingerprint density at radius 1 is 1.17 bits per heavy atom. The number of carboxylic acid groups (broad SMARTS) is 2. The zero-order chi connectivity index (χ0) is 14.3. The van der Waals surface area contributed by atoms with Gasteiger partial charge in [0, 0.05) is 12.5 Å². The second-order valence-electron chi connectivity index (χ2n) is 4.87. The van der Waals surface area contributed by atoms with Crippen LogP contribution < -0.4 is 5.32 Å². The highest BCUT2D eigenvalue weighted by atomic mass is 16.6. The standard InChI is InChI=1S/C11H19NO6/c1-11(2,3)18-10(17)12-7(6-9(15)16)4-5-8(13)14/h7H,4-6H2,1-3H3,(H,12,17)(H,13,14)(H,15,16). The molecule has 0 bridgehead atoms. The minimum absolute atomic E-state index is 0.0425.